The molecule has 1 rings (SSSR count). The second kappa shape index (κ2) is 5.92. The summed E-state index contributed by atoms with van der Waals surface area (Å²) in [5.74, 6) is -21.5. The number of hydrogen-bond acceptors (Lipinski definition) is 0. The fraction of sp³-hybridized carbons (Fsp3) is 0.455. The lowest BCUT2D eigenvalue weighted by molar-refractivity contribution is -0.790. The summed E-state index contributed by atoms with van der Waals surface area (Å²) in [4.78, 5) is 0. The van der Waals surface area contributed by atoms with Gasteiger partial charge in [-0.3, -0.25) is 0 Å². The van der Waals surface area contributed by atoms with Crippen LogP contribution in [0, 0.1) is 3.57 Å². The predicted molar refractivity (Wildman–Crippen MR) is 51.0 cm³/mol. The molecule has 132 valence electrons. The Bertz CT molecular complexity index is 535. The van der Waals surface area contributed by atoms with Crippen LogP contribution in [0.3, 0.4) is 0 Å². The zero-order valence-corrected chi connectivity index (χ0v) is 12.6. The van der Waals surface area contributed by atoms with Crippen molar-refractivity contribution in [2.24, 2.45) is 0 Å². The third-order valence-electron chi connectivity index (χ3n) is 2.46. The molecule has 12 heteroatoms. The molecule has 0 spiro atoms. The average molecular weight is 473 g/mol. The molecular weight excluding hydrogens is 468 g/mol. The van der Waals surface area contributed by atoms with Crippen LogP contribution in [0.4, 0.5) is 48.3 Å². The molecule has 0 radical (unpaired) electrons. The van der Waals surface area contributed by atoms with E-state index in [2.05, 4.69) is 0 Å². The van der Waals surface area contributed by atoms with Gasteiger partial charge in [-0.05, 0) is 12.1 Å². The molecule has 0 nitrogen and oxygen atoms in total. The van der Waals surface area contributed by atoms with Gasteiger partial charge in [0.25, 0.3) is 0 Å². The smallest absolute Gasteiger partial charge is 0.192 e. The maximum atomic E-state index is 13.4. The van der Waals surface area contributed by atoms with Crippen LogP contribution in [-0.2, 0) is 0 Å². The maximum Gasteiger partial charge on any atom is 0.516 e. The first-order valence-electron chi connectivity index (χ1n) is 5.37. The molecule has 0 amide bonds. The normalized spacial score (nSPS) is 14.9. The standard InChI is InChI=1S/C11H5F11I/c12-7(13,8(14,15)10(18,19)20)9(16,17)11(21,22)23-6-4-2-1-3-5-6/h1-5H/q+1. The van der Waals surface area contributed by atoms with Crippen molar-refractivity contribution in [2.75, 3.05) is 0 Å². The van der Waals surface area contributed by atoms with Crippen LogP contribution in [0.5, 0.6) is 0 Å². The lowest BCUT2D eigenvalue weighted by Gasteiger charge is -2.33. The third-order valence-corrected chi connectivity index (χ3v) is 5.16. The summed E-state index contributed by atoms with van der Waals surface area (Å²) in [7, 11) is 0. The van der Waals surface area contributed by atoms with Gasteiger partial charge in [0.05, 0.1) is 0 Å². The molecule has 0 N–H and O–H groups in total. The van der Waals surface area contributed by atoms with Gasteiger partial charge in [0.2, 0.25) is 0 Å². The summed E-state index contributed by atoms with van der Waals surface area (Å²) in [6.45, 7) is 0. The second-order valence-corrected chi connectivity index (χ2v) is 7.25. The monoisotopic (exact) mass is 473 g/mol. The average Bonchev–Trinajstić information content (AvgIpc) is 2.37. The third kappa shape index (κ3) is 3.36. The predicted octanol–water partition coefficient (Wildman–Crippen LogP) is 2.01. The molecule has 0 atom stereocenters. The van der Waals surface area contributed by atoms with E-state index in [1.807, 2.05) is 0 Å². The van der Waals surface area contributed by atoms with E-state index in [-0.39, 0.29) is 0 Å². The summed E-state index contributed by atoms with van der Waals surface area (Å²) in [6, 6.07) is 5.14. The number of alkyl halides is 12. The Kier molecular flexibility index (Phi) is 5.20. The van der Waals surface area contributed by atoms with Crippen LogP contribution in [0.25, 0.3) is 0 Å². The van der Waals surface area contributed by atoms with E-state index in [0.29, 0.717) is 0 Å². The zero-order chi connectivity index (χ0) is 18.3. The van der Waals surface area contributed by atoms with Gasteiger partial charge >= 0.3 is 49.1 Å². The number of halogens is 12. The Morgan fingerprint density at radius 1 is 0.565 bits per heavy atom. The number of benzene rings is 1. The highest BCUT2D eigenvalue weighted by Gasteiger charge is 2.91. The quantitative estimate of drug-likeness (QED) is 0.349. The SMILES string of the molecule is FC(F)(F)C(F)(F)C(F)(F)C(F)(F)C(F)(F)[I+]c1ccccc1. The van der Waals surface area contributed by atoms with Gasteiger partial charge in [-0.25, -0.2) is 0 Å². The number of rotatable bonds is 5. The first kappa shape index (κ1) is 20.2. The Morgan fingerprint density at radius 2 is 1.00 bits per heavy atom. The molecule has 0 heterocycles. The molecule has 0 aromatic heterocycles. The molecule has 0 aliphatic heterocycles. The molecule has 1 aromatic rings. The molecular formula is C11H5F11I+. The molecule has 0 saturated heterocycles. The highest BCUT2D eigenvalue weighted by atomic mass is 127. The van der Waals surface area contributed by atoms with Crippen LogP contribution >= 0.6 is 0 Å². The van der Waals surface area contributed by atoms with Crippen LogP contribution in [0.15, 0.2) is 30.3 Å². The maximum absolute atomic E-state index is 13.4. The van der Waals surface area contributed by atoms with Gasteiger partial charge in [0.15, 0.2) is 3.57 Å². The van der Waals surface area contributed by atoms with E-state index in [1.165, 1.54) is 6.07 Å². The summed E-state index contributed by atoms with van der Waals surface area (Å²) in [5, 5.41) is 0. The van der Waals surface area contributed by atoms with Crippen molar-refractivity contribution in [3.8, 4) is 0 Å². The Labute approximate surface area is 131 Å². The van der Waals surface area contributed by atoms with Gasteiger partial charge in [0, 0.05) is 0 Å². The van der Waals surface area contributed by atoms with E-state index in [9.17, 15) is 48.3 Å². The summed E-state index contributed by atoms with van der Waals surface area (Å²) in [6.07, 6.45) is -7.12. The second-order valence-electron chi connectivity index (χ2n) is 4.11. The van der Waals surface area contributed by atoms with E-state index >= 15 is 0 Å². The lowest BCUT2D eigenvalue weighted by atomic mass is 10.0. The fourth-order valence-corrected chi connectivity index (χ4v) is 3.46. The fourth-order valence-electron chi connectivity index (χ4n) is 1.23. The molecule has 0 aliphatic carbocycles. The Morgan fingerprint density at radius 3 is 1.39 bits per heavy atom. The van der Waals surface area contributed by atoms with Gasteiger partial charge in [-0.1, -0.05) is 18.2 Å². The van der Waals surface area contributed by atoms with Crippen molar-refractivity contribution in [2.45, 2.75) is 27.9 Å². The van der Waals surface area contributed by atoms with E-state index in [0.717, 1.165) is 24.3 Å². The van der Waals surface area contributed by atoms with Crippen molar-refractivity contribution < 1.29 is 69.5 Å². The van der Waals surface area contributed by atoms with Gasteiger partial charge < -0.3 is 0 Å². The van der Waals surface area contributed by atoms with Gasteiger partial charge in [-0.15, -0.1) is 0 Å². The molecule has 0 unspecified atom stereocenters. The largest absolute Gasteiger partial charge is 0.516 e. The summed E-state index contributed by atoms with van der Waals surface area (Å²) in [5.41, 5.74) is 0. The van der Waals surface area contributed by atoms with E-state index < -0.39 is 52.6 Å². The minimum atomic E-state index is -7.33. The van der Waals surface area contributed by atoms with Crippen LogP contribution in [0.2, 0.25) is 0 Å². The van der Waals surface area contributed by atoms with Crippen molar-refractivity contribution in [3.05, 3.63) is 33.9 Å². The highest BCUT2D eigenvalue weighted by molar-refractivity contribution is 5.04. The molecule has 23 heavy (non-hydrogen) atoms. The van der Waals surface area contributed by atoms with Gasteiger partial charge in [-0.2, -0.15) is 48.3 Å². The Hall–Kier alpha value is -0.820. The Balaban J connectivity index is 3.26. The summed E-state index contributed by atoms with van der Waals surface area (Å²) >= 11 is -3.32. The topological polar surface area (TPSA) is 0 Å². The molecule has 0 aliphatic rings. The highest BCUT2D eigenvalue weighted by Crippen LogP contribution is 2.55. The first-order valence-corrected chi connectivity index (χ1v) is 7.52. The van der Waals surface area contributed by atoms with Crippen molar-refractivity contribution >= 4 is 0 Å². The van der Waals surface area contributed by atoms with Crippen LogP contribution < -0.4 is 21.2 Å². The molecule has 1 aromatic carbocycles. The first-order chi connectivity index (χ1) is 10.1. The minimum Gasteiger partial charge on any atom is -0.192 e. The minimum absolute atomic E-state index is 0.540. The van der Waals surface area contributed by atoms with E-state index in [1.54, 1.807) is 0 Å². The van der Waals surface area contributed by atoms with E-state index in [4.69, 9.17) is 0 Å². The molecule has 0 fully saturated rings. The van der Waals surface area contributed by atoms with Crippen LogP contribution in [-0.4, -0.2) is 27.9 Å². The summed E-state index contributed by atoms with van der Waals surface area (Å²) < 4.78 is 134. The molecule has 0 saturated carbocycles. The van der Waals surface area contributed by atoms with Crippen molar-refractivity contribution in [1.82, 2.24) is 0 Å². The van der Waals surface area contributed by atoms with Crippen molar-refractivity contribution in [3.63, 3.8) is 0 Å². The molecule has 0 bridgehead atoms. The van der Waals surface area contributed by atoms with Gasteiger partial charge in [0.1, 0.15) is 0 Å². The zero-order valence-electron chi connectivity index (χ0n) is 10.4. The number of hydrogen-bond donors (Lipinski definition) is 0. The lowest BCUT2D eigenvalue weighted by Crippen LogP contribution is -3.68. The van der Waals surface area contributed by atoms with Crippen LogP contribution in [0.1, 0.15) is 0 Å². The van der Waals surface area contributed by atoms with Crippen molar-refractivity contribution in [1.29, 1.82) is 0 Å².